The molecule has 2 aromatic rings. The first-order valence-electron chi connectivity index (χ1n) is 8.87. The number of aliphatic hydroxyl groups excluding tert-OH is 1. The van der Waals surface area contributed by atoms with Gasteiger partial charge in [-0.25, -0.2) is 0 Å². The molecule has 1 aromatic carbocycles. The van der Waals surface area contributed by atoms with Gasteiger partial charge in [-0.05, 0) is 50.3 Å². The van der Waals surface area contributed by atoms with E-state index in [1.165, 1.54) is 5.56 Å². The van der Waals surface area contributed by atoms with Crippen LogP contribution in [0.25, 0.3) is 0 Å². The maximum absolute atomic E-state index is 9.67. The van der Waals surface area contributed by atoms with E-state index in [2.05, 4.69) is 41.0 Å². The van der Waals surface area contributed by atoms with Crippen molar-refractivity contribution in [2.24, 2.45) is 5.41 Å². The molecule has 2 heterocycles. The molecule has 5 heteroatoms. The van der Waals surface area contributed by atoms with Crippen LogP contribution in [-0.2, 0) is 6.42 Å². The van der Waals surface area contributed by atoms with Gasteiger partial charge in [0.25, 0.3) is 0 Å². The lowest BCUT2D eigenvalue weighted by Gasteiger charge is -2.41. The molecule has 24 heavy (non-hydrogen) atoms. The molecule has 5 nitrogen and oxygen atoms in total. The molecule has 3 rings (SSSR count). The van der Waals surface area contributed by atoms with E-state index in [-0.39, 0.29) is 18.1 Å². The van der Waals surface area contributed by atoms with Crippen LogP contribution in [0.15, 0.2) is 34.9 Å². The van der Waals surface area contributed by atoms with Gasteiger partial charge in [0.2, 0.25) is 5.89 Å². The Labute approximate surface area is 143 Å². The van der Waals surface area contributed by atoms with Crippen LogP contribution < -0.4 is 0 Å². The van der Waals surface area contributed by atoms with E-state index in [4.69, 9.17) is 4.52 Å². The molecule has 1 fully saturated rings. The molecule has 1 unspecified atom stereocenters. The molecule has 1 atom stereocenters. The van der Waals surface area contributed by atoms with Gasteiger partial charge in [-0.3, -0.25) is 4.90 Å². The highest BCUT2D eigenvalue weighted by Gasteiger charge is 2.35. The lowest BCUT2D eigenvalue weighted by atomic mass is 9.77. The molecule has 1 aromatic heterocycles. The Balaban J connectivity index is 1.61. The van der Waals surface area contributed by atoms with Crippen molar-refractivity contribution in [1.82, 2.24) is 15.0 Å². The van der Waals surface area contributed by atoms with E-state index >= 15 is 0 Å². The van der Waals surface area contributed by atoms with Gasteiger partial charge in [-0.2, -0.15) is 4.98 Å². The highest BCUT2D eigenvalue weighted by atomic mass is 16.5. The normalized spacial score (nSPS) is 19.3. The number of likely N-dealkylation sites (tertiary alicyclic amines) is 1. The lowest BCUT2D eigenvalue weighted by Crippen LogP contribution is -2.42. The van der Waals surface area contributed by atoms with Crippen molar-refractivity contribution in [3.8, 4) is 0 Å². The first-order valence-corrected chi connectivity index (χ1v) is 8.87. The summed E-state index contributed by atoms with van der Waals surface area (Å²) in [7, 11) is 0. The van der Waals surface area contributed by atoms with E-state index < -0.39 is 0 Å². The van der Waals surface area contributed by atoms with Crippen molar-refractivity contribution in [3.63, 3.8) is 0 Å². The quantitative estimate of drug-likeness (QED) is 0.882. The topological polar surface area (TPSA) is 62.4 Å². The summed E-state index contributed by atoms with van der Waals surface area (Å²) in [4.78, 5) is 6.97. The highest BCUT2D eigenvalue weighted by Crippen LogP contribution is 2.36. The van der Waals surface area contributed by atoms with Crippen molar-refractivity contribution in [3.05, 3.63) is 47.6 Å². The fourth-order valence-corrected chi connectivity index (χ4v) is 3.45. The number of nitrogens with zero attached hydrogens (tertiary/aromatic N) is 3. The lowest BCUT2D eigenvalue weighted by molar-refractivity contribution is 0.0216. The van der Waals surface area contributed by atoms with E-state index in [9.17, 15) is 5.11 Å². The number of rotatable bonds is 6. The van der Waals surface area contributed by atoms with Crippen LogP contribution in [0.4, 0.5) is 0 Å². The third-order valence-corrected chi connectivity index (χ3v) is 5.54. The minimum atomic E-state index is 0.101. The van der Waals surface area contributed by atoms with Crippen LogP contribution in [0.3, 0.4) is 0 Å². The van der Waals surface area contributed by atoms with Crippen molar-refractivity contribution >= 4 is 0 Å². The maximum Gasteiger partial charge on any atom is 0.243 e. The Bertz CT molecular complexity index is 627. The summed E-state index contributed by atoms with van der Waals surface area (Å²) in [5.41, 5.74) is 1.29. The fraction of sp³-hybridized carbons (Fsp3) is 0.579. The molecular formula is C19H27N3O2. The molecule has 0 saturated carbocycles. The molecule has 1 saturated heterocycles. The van der Waals surface area contributed by atoms with Gasteiger partial charge in [-0.1, -0.05) is 42.4 Å². The predicted molar refractivity (Wildman–Crippen MR) is 92.6 cm³/mol. The molecule has 0 spiro atoms. The summed E-state index contributed by atoms with van der Waals surface area (Å²) >= 11 is 0. The highest BCUT2D eigenvalue weighted by molar-refractivity contribution is 5.18. The van der Waals surface area contributed by atoms with Gasteiger partial charge in [0.05, 0.1) is 6.04 Å². The summed E-state index contributed by atoms with van der Waals surface area (Å²) in [5, 5.41) is 13.8. The van der Waals surface area contributed by atoms with Crippen molar-refractivity contribution in [2.45, 2.75) is 45.6 Å². The second kappa shape index (κ2) is 7.45. The van der Waals surface area contributed by atoms with E-state index in [0.29, 0.717) is 12.3 Å². The molecule has 130 valence electrons. The standard InChI is InChI=1S/C19H27N3O2/c1-3-19(14-23)9-11-22(12-10-19)15(2)18-20-17(21-24-18)13-16-7-5-4-6-8-16/h4-8,15,23H,3,9-14H2,1-2H3. The Morgan fingerprint density at radius 1 is 1.25 bits per heavy atom. The monoisotopic (exact) mass is 329 g/mol. The average Bonchev–Trinajstić information content (AvgIpc) is 3.10. The first-order chi connectivity index (χ1) is 11.7. The zero-order chi connectivity index (χ0) is 17.0. The maximum atomic E-state index is 9.67. The fourth-order valence-electron chi connectivity index (χ4n) is 3.45. The second-order valence-electron chi connectivity index (χ2n) is 6.93. The summed E-state index contributed by atoms with van der Waals surface area (Å²) in [5.74, 6) is 1.42. The summed E-state index contributed by atoms with van der Waals surface area (Å²) < 4.78 is 5.50. The summed E-state index contributed by atoms with van der Waals surface area (Å²) in [6.07, 6.45) is 3.78. The van der Waals surface area contributed by atoms with Crippen LogP contribution >= 0.6 is 0 Å². The minimum absolute atomic E-state index is 0.101. The summed E-state index contributed by atoms with van der Waals surface area (Å²) in [6.45, 7) is 6.51. The third-order valence-electron chi connectivity index (χ3n) is 5.54. The molecule has 1 aliphatic heterocycles. The number of aromatic nitrogens is 2. The Kier molecular flexibility index (Phi) is 5.31. The number of benzene rings is 1. The van der Waals surface area contributed by atoms with Gasteiger partial charge >= 0.3 is 0 Å². The SMILES string of the molecule is CCC1(CO)CCN(C(C)c2nc(Cc3ccccc3)no2)CC1. The van der Waals surface area contributed by atoms with Crippen molar-refractivity contribution < 1.29 is 9.63 Å². The number of hydrogen-bond acceptors (Lipinski definition) is 5. The van der Waals surface area contributed by atoms with Gasteiger partial charge in [-0.15, -0.1) is 0 Å². The molecule has 0 bridgehead atoms. The van der Waals surface area contributed by atoms with Gasteiger partial charge in [0.15, 0.2) is 5.82 Å². The van der Waals surface area contributed by atoms with Gasteiger partial charge in [0, 0.05) is 13.0 Å². The van der Waals surface area contributed by atoms with Crippen LogP contribution in [0.1, 0.15) is 56.4 Å². The molecule has 0 aliphatic carbocycles. The predicted octanol–water partition coefficient (Wildman–Crippen LogP) is 3.21. The molecular weight excluding hydrogens is 302 g/mol. The van der Waals surface area contributed by atoms with Crippen molar-refractivity contribution in [2.75, 3.05) is 19.7 Å². The molecule has 1 N–H and O–H groups in total. The molecule has 0 radical (unpaired) electrons. The Hall–Kier alpha value is -1.72. The van der Waals surface area contributed by atoms with E-state index in [0.717, 1.165) is 38.2 Å². The zero-order valence-corrected chi connectivity index (χ0v) is 14.6. The second-order valence-corrected chi connectivity index (χ2v) is 6.93. The smallest absolute Gasteiger partial charge is 0.243 e. The number of aliphatic hydroxyl groups is 1. The van der Waals surface area contributed by atoms with E-state index in [1.807, 2.05) is 18.2 Å². The van der Waals surface area contributed by atoms with Crippen LogP contribution in [-0.4, -0.2) is 39.8 Å². The van der Waals surface area contributed by atoms with Crippen LogP contribution in [0.5, 0.6) is 0 Å². The van der Waals surface area contributed by atoms with E-state index in [1.54, 1.807) is 0 Å². The summed E-state index contributed by atoms with van der Waals surface area (Å²) in [6, 6.07) is 10.3. The number of hydrogen-bond donors (Lipinski definition) is 1. The van der Waals surface area contributed by atoms with Crippen LogP contribution in [0, 0.1) is 5.41 Å². The largest absolute Gasteiger partial charge is 0.396 e. The molecule has 0 amide bonds. The van der Waals surface area contributed by atoms with Gasteiger partial charge in [0.1, 0.15) is 0 Å². The van der Waals surface area contributed by atoms with Crippen molar-refractivity contribution in [1.29, 1.82) is 0 Å². The Morgan fingerprint density at radius 2 is 1.96 bits per heavy atom. The number of piperidine rings is 1. The first kappa shape index (κ1) is 17.1. The third kappa shape index (κ3) is 3.68. The molecule has 1 aliphatic rings. The zero-order valence-electron chi connectivity index (χ0n) is 14.6. The van der Waals surface area contributed by atoms with Crippen LogP contribution in [0.2, 0.25) is 0 Å². The van der Waals surface area contributed by atoms with Gasteiger partial charge < -0.3 is 9.63 Å². The minimum Gasteiger partial charge on any atom is -0.396 e. The Morgan fingerprint density at radius 3 is 2.58 bits per heavy atom. The average molecular weight is 329 g/mol.